The molecule has 0 aromatic heterocycles. The van der Waals surface area contributed by atoms with Crippen molar-refractivity contribution in [2.45, 2.75) is 77.0 Å². The summed E-state index contributed by atoms with van der Waals surface area (Å²) in [6, 6.07) is 70.4. The lowest BCUT2D eigenvalue weighted by Gasteiger charge is -2.36. The maximum absolute atomic E-state index is 2.51. The maximum Gasteiger partial charge on any atom is 0.0713 e. The Labute approximate surface area is 363 Å². The molecular formula is C60H55N. The van der Waals surface area contributed by atoms with Crippen molar-refractivity contribution in [3.8, 4) is 33.4 Å². The number of benzene rings is 8. The molecule has 0 heterocycles. The summed E-state index contributed by atoms with van der Waals surface area (Å²) in [4.78, 5) is 2.51. The highest BCUT2D eigenvalue weighted by Crippen LogP contribution is 2.59. The molecule has 300 valence electrons. The summed E-state index contributed by atoms with van der Waals surface area (Å²) in [7, 11) is 0. The molecule has 1 nitrogen and oxygen atoms in total. The summed E-state index contributed by atoms with van der Waals surface area (Å²) in [5, 5.41) is 0. The Morgan fingerprint density at radius 2 is 0.885 bits per heavy atom. The highest BCUT2D eigenvalue weighted by molar-refractivity contribution is 5.92. The normalized spacial score (nSPS) is 14.5. The number of anilines is 3. The summed E-state index contributed by atoms with van der Waals surface area (Å²) in [6.45, 7) is 19.0. The Hall–Kier alpha value is -6.44. The quantitative estimate of drug-likeness (QED) is 0.162. The van der Waals surface area contributed by atoms with Gasteiger partial charge in [-0.3, -0.25) is 0 Å². The molecule has 0 N–H and O–H groups in total. The highest BCUT2D eigenvalue weighted by atomic mass is 15.1. The molecule has 1 heteroatoms. The second-order valence-corrected chi connectivity index (χ2v) is 19.8. The van der Waals surface area contributed by atoms with E-state index in [4.69, 9.17) is 0 Å². The van der Waals surface area contributed by atoms with E-state index in [1.165, 1.54) is 83.6 Å². The van der Waals surface area contributed by atoms with Crippen LogP contribution < -0.4 is 4.90 Å². The van der Waals surface area contributed by atoms with E-state index in [-0.39, 0.29) is 16.2 Å². The molecule has 0 saturated heterocycles. The van der Waals surface area contributed by atoms with Gasteiger partial charge in [0.2, 0.25) is 0 Å². The minimum atomic E-state index is -0.457. The third-order valence-corrected chi connectivity index (χ3v) is 13.6. The lowest BCUT2D eigenvalue weighted by atomic mass is 9.67. The summed E-state index contributed by atoms with van der Waals surface area (Å²) in [5.41, 5.74) is 21.3. The van der Waals surface area contributed by atoms with Crippen LogP contribution in [0.2, 0.25) is 0 Å². The Kier molecular flexibility index (Phi) is 8.93. The second-order valence-electron chi connectivity index (χ2n) is 19.8. The van der Waals surface area contributed by atoms with Crippen LogP contribution in [0.1, 0.15) is 99.9 Å². The van der Waals surface area contributed by atoms with Gasteiger partial charge in [-0.05, 0) is 119 Å². The first kappa shape index (κ1) is 38.7. The van der Waals surface area contributed by atoms with Crippen LogP contribution in [0.5, 0.6) is 0 Å². The van der Waals surface area contributed by atoms with E-state index in [1.54, 1.807) is 0 Å². The van der Waals surface area contributed by atoms with E-state index in [1.807, 2.05) is 0 Å². The predicted octanol–water partition coefficient (Wildman–Crippen LogP) is 16.1. The molecule has 2 aliphatic rings. The zero-order valence-corrected chi connectivity index (χ0v) is 36.8. The highest BCUT2D eigenvalue weighted by Gasteiger charge is 2.46. The molecule has 0 amide bonds. The van der Waals surface area contributed by atoms with Gasteiger partial charge in [-0.15, -0.1) is 0 Å². The Morgan fingerprint density at radius 1 is 0.393 bits per heavy atom. The van der Waals surface area contributed by atoms with Gasteiger partial charge in [0, 0.05) is 16.8 Å². The van der Waals surface area contributed by atoms with Gasteiger partial charge in [0.1, 0.15) is 0 Å². The molecule has 8 aromatic carbocycles. The van der Waals surface area contributed by atoms with Crippen molar-refractivity contribution in [2.24, 2.45) is 0 Å². The lowest BCUT2D eigenvalue weighted by molar-refractivity contribution is 0.545. The van der Waals surface area contributed by atoms with Gasteiger partial charge in [0.25, 0.3) is 0 Å². The van der Waals surface area contributed by atoms with Crippen LogP contribution >= 0.6 is 0 Å². The van der Waals surface area contributed by atoms with Crippen molar-refractivity contribution < 1.29 is 0 Å². The van der Waals surface area contributed by atoms with Crippen LogP contribution in [-0.2, 0) is 21.7 Å². The van der Waals surface area contributed by atoms with Crippen molar-refractivity contribution in [2.75, 3.05) is 4.90 Å². The van der Waals surface area contributed by atoms with Crippen molar-refractivity contribution in [3.05, 3.63) is 233 Å². The first-order valence-corrected chi connectivity index (χ1v) is 21.9. The van der Waals surface area contributed by atoms with Crippen molar-refractivity contribution in [1.29, 1.82) is 0 Å². The smallest absolute Gasteiger partial charge is 0.0713 e. The van der Waals surface area contributed by atoms with Crippen LogP contribution in [0.15, 0.2) is 188 Å². The molecule has 8 aromatic rings. The molecule has 0 radical (unpaired) electrons. The van der Waals surface area contributed by atoms with Crippen LogP contribution in [0.25, 0.3) is 33.4 Å². The van der Waals surface area contributed by atoms with Gasteiger partial charge in [-0.2, -0.15) is 0 Å². The molecule has 0 unspecified atom stereocenters. The summed E-state index contributed by atoms with van der Waals surface area (Å²) < 4.78 is 0. The molecule has 10 rings (SSSR count). The van der Waals surface area contributed by atoms with Gasteiger partial charge in [0.15, 0.2) is 0 Å². The first-order valence-electron chi connectivity index (χ1n) is 21.9. The van der Waals surface area contributed by atoms with Crippen molar-refractivity contribution >= 4 is 17.1 Å². The number of hydrogen-bond donors (Lipinski definition) is 0. The van der Waals surface area contributed by atoms with Crippen LogP contribution in [0, 0.1) is 0 Å². The van der Waals surface area contributed by atoms with E-state index in [2.05, 4.69) is 248 Å². The zero-order valence-electron chi connectivity index (χ0n) is 36.8. The van der Waals surface area contributed by atoms with Gasteiger partial charge < -0.3 is 4.90 Å². The number of nitrogens with zero attached hydrogens (tertiary/aromatic N) is 1. The fourth-order valence-electron chi connectivity index (χ4n) is 10.7. The van der Waals surface area contributed by atoms with Crippen molar-refractivity contribution in [3.63, 3.8) is 0 Å². The Morgan fingerprint density at radius 3 is 1.46 bits per heavy atom. The predicted molar refractivity (Wildman–Crippen MR) is 259 cm³/mol. The fraction of sp³-hybridized carbons (Fsp3) is 0.200. The van der Waals surface area contributed by atoms with E-state index >= 15 is 0 Å². The number of hydrogen-bond acceptors (Lipinski definition) is 1. The minimum absolute atomic E-state index is 0.0191. The molecule has 0 aliphatic heterocycles. The van der Waals surface area contributed by atoms with Crippen molar-refractivity contribution in [1.82, 2.24) is 0 Å². The number of rotatable bonds is 6. The average molecular weight is 790 g/mol. The molecule has 0 bridgehead atoms. The molecule has 2 aliphatic carbocycles. The van der Waals surface area contributed by atoms with E-state index < -0.39 is 5.41 Å². The third-order valence-electron chi connectivity index (χ3n) is 13.6. The molecule has 61 heavy (non-hydrogen) atoms. The summed E-state index contributed by atoms with van der Waals surface area (Å²) in [5.74, 6) is 0. The number of fused-ring (bicyclic) bond motifs is 6. The van der Waals surface area contributed by atoms with Gasteiger partial charge >= 0.3 is 0 Å². The minimum Gasteiger partial charge on any atom is -0.310 e. The molecule has 0 saturated carbocycles. The van der Waals surface area contributed by atoms with E-state index in [0.717, 1.165) is 11.4 Å². The Balaban J connectivity index is 1.19. The molecular weight excluding hydrogens is 735 g/mol. The molecule has 0 fully saturated rings. The van der Waals surface area contributed by atoms with Crippen LogP contribution in [0.4, 0.5) is 17.1 Å². The molecule has 0 atom stereocenters. The topological polar surface area (TPSA) is 3.24 Å². The fourth-order valence-corrected chi connectivity index (χ4v) is 10.7. The average Bonchev–Trinajstić information content (AvgIpc) is 3.70. The van der Waals surface area contributed by atoms with E-state index in [9.17, 15) is 0 Å². The van der Waals surface area contributed by atoms with Gasteiger partial charge in [-0.25, -0.2) is 0 Å². The Bertz CT molecular complexity index is 2870. The van der Waals surface area contributed by atoms with E-state index in [0.29, 0.717) is 0 Å². The van der Waals surface area contributed by atoms with Crippen LogP contribution in [0.3, 0.4) is 0 Å². The second kappa shape index (κ2) is 14.1. The summed E-state index contributed by atoms with van der Waals surface area (Å²) in [6.07, 6.45) is 0. The van der Waals surface area contributed by atoms with Gasteiger partial charge in [0.05, 0.1) is 11.1 Å². The standard InChI is InChI=1S/C60H55N/c1-57(2,3)44-38-50-49-26-19-29-54(56(49)59(7,8)55(50)53(39-44)58(4,5)6)61(45-34-30-41(31-35-45)40-20-11-9-12-21-40)46-36-32-43(33-37-46)60(42-22-13-10-14-23-42)51-27-17-15-24-47(51)48-25-16-18-28-52(48)60/h9-39H,1-8H3. The first-order chi connectivity index (χ1) is 29.3. The zero-order chi connectivity index (χ0) is 42.3. The maximum atomic E-state index is 2.51. The monoisotopic (exact) mass is 789 g/mol. The SMILES string of the molecule is CC(C)(C)c1cc2c(c(C(C)(C)C)c1)C(C)(C)c1c-2cccc1N(c1ccc(-c2ccccc2)cc1)c1ccc(C2(c3ccccc3)c3ccccc3-c3ccccc32)cc1. The summed E-state index contributed by atoms with van der Waals surface area (Å²) >= 11 is 0. The lowest BCUT2D eigenvalue weighted by Crippen LogP contribution is -2.28. The van der Waals surface area contributed by atoms with Crippen LogP contribution in [-0.4, -0.2) is 0 Å². The molecule has 0 spiro atoms. The largest absolute Gasteiger partial charge is 0.310 e. The van der Waals surface area contributed by atoms with Gasteiger partial charge in [-0.1, -0.05) is 213 Å². The third kappa shape index (κ3) is 6.04.